The highest BCUT2D eigenvalue weighted by Gasteiger charge is 2.13. The van der Waals surface area contributed by atoms with Crippen molar-refractivity contribution in [2.24, 2.45) is 0 Å². The number of carbonyl (C=O) groups is 1. The molecular formula is C16H18N2OS. The van der Waals surface area contributed by atoms with E-state index in [0.717, 1.165) is 12.0 Å². The van der Waals surface area contributed by atoms with Gasteiger partial charge in [0.05, 0.1) is 6.54 Å². The zero-order valence-electron chi connectivity index (χ0n) is 11.4. The molecular weight excluding hydrogens is 268 g/mol. The second-order valence-electron chi connectivity index (χ2n) is 4.50. The van der Waals surface area contributed by atoms with E-state index in [4.69, 9.17) is 0 Å². The first-order valence-corrected chi connectivity index (χ1v) is 7.47. The third-order valence-electron chi connectivity index (χ3n) is 2.98. The molecule has 0 aliphatic carbocycles. The molecule has 0 atom stereocenters. The quantitative estimate of drug-likeness (QED) is 0.732. The van der Waals surface area contributed by atoms with Crippen LogP contribution in [0.25, 0.3) is 0 Å². The first-order valence-electron chi connectivity index (χ1n) is 6.59. The summed E-state index contributed by atoms with van der Waals surface area (Å²) in [5, 5.41) is 2.03. The van der Waals surface area contributed by atoms with Gasteiger partial charge < -0.3 is 4.90 Å². The standard InChI is InChI=1S/C16H18N2OS/c1-2-10-18(13-15-6-4-11-20-15)16(19)8-7-14-5-3-9-17-12-14/h2-6,9,11-12H,1,7-8,10,13H2. The molecule has 2 heterocycles. The third-order valence-corrected chi connectivity index (χ3v) is 3.84. The third kappa shape index (κ3) is 4.31. The van der Waals surface area contributed by atoms with E-state index in [1.807, 2.05) is 34.7 Å². The van der Waals surface area contributed by atoms with Gasteiger partial charge in [0.15, 0.2) is 0 Å². The highest BCUT2D eigenvalue weighted by Crippen LogP contribution is 2.13. The van der Waals surface area contributed by atoms with Crippen molar-refractivity contribution in [1.82, 2.24) is 9.88 Å². The van der Waals surface area contributed by atoms with Crippen LogP contribution >= 0.6 is 11.3 Å². The van der Waals surface area contributed by atoms with E-state index in [1.165, 1.54) is 4.88 Å². The number of nitrogens with zero attached hydrogens (tertiary/aromatic N) is 2. The number of hydrogen-bond acceptors (Lipinski definition) is 3. The Labute approximate surface area is 123 Å². The predicted octanol–water partition coefficient (Wildman–Crippen LogP) is 3.29. The molecule has 2 rings (SSSR count). The van der Waals surface area contributed by atoms with Crippen molar-refractivity contribution >= 4 is 17.2 Å². The summed E-state index contributed by atoms with van der Waals surface area (Å²) >= 11 is 1.67. The van der Waals surface area contributed by atoms with Crippen LogP contribution < -0.4 is 0 Å². The molecule has 2 aromatic rings. The molecule has 3 nitrogen and oxygen atoms in total. The normalized spacial score (nSPS) is 10.2. The van der Waals surface area contributed by atoms with Gasteiger partial charge in [-0.15, -0.1) is 17.9 Å². The van der Waals surface area contributed by atoms with Gasteiger partial charge in [-0.25, -0.2) is 0 Å². The Morgan fingerprint density at radius 3 is 2.95 bits per heavy atom. The van der Waals surface area contributed by atoms with Crippen molar-refractivity contribution in [3.63, 3.8) is 0 Å². The van der Waals surface area contributed by atoms with Crippen LogP contribution in [0.2, 0.25) is 0 Å². The Kier molecular flexibility index (Phi) is 5.50. The van der Waals surface area contributed by atoms with Crippen LogP contribution in [0.4, 0.5) is 0 Å². The van der Waals surface area contributed by atoms with Crippen LogP contribution in [-0.4, -0.2) is 22.3 Å². The first-order chi connectivity index (χ1) is 9.79. The van der Waals surface area contributed by atoms with Crippen molar-refractivity contribution < 1.29 is 4.79 Å². The molecule has 20 heavy (non-hydrogen) atoms. The van der Waals surface area contributed by atoms with Crippen molar-refractivity contribution in [1.29, 1.82) is 0 Å². The van der Waals surface area contributed by atoms with Gasteiger partial charge in [0.1, 0.15) is 0 Å². The second kappa shape index (κ2) is 7.60. The summed E-state index contributed by atoms with van der Waals surface area (Å²) in [4.78, 5) is 19.4. The van der Waals surface area contributed by atoms with Gasteiger partial charge in [0.25, 0.3) is 0 Å². The Hall–Kier alpha value is -1.94. The average molecular weight is 286 g/mol. The number of aromatic nitrogens is 1. The van der Waals surface area contributed by atoms with Crippen molar-refractivity contribution in [2.75, 3.05) is 6.54 Å². The van der Waals surface area contributed by atoms with Gasteiger partial charge in [0, 0.05) is 30.2 Å². The van der Waals surface area contributed by atoms with E-state index in [-0.39, 0.29) is 5.91 Å². The molecule has 0 N–H and O–H groups in total. The minimum absolute atomic E-state index is 0.155. The molecule has 0 aliphatic rings. The van der Waals surface area contributed by atoms with E-state index in [9.17, 15) is 4.79 Å². The summed E-state index contributed by atoms with van der Waals surface area (Å²) < 4.78 is 0. The molecule has 0 aliphatic heterocycles. The van der Waals surface area contributed by atoms with E-state index in [2.05, 4.69) is 17.6 Å². The number of hydrogen-bond donors (Lipinski definition) is 0. The number of aryl methyl sites for hydroxylation is 1. The fraction of sp³-hybridized carbons (Fsp3) is 0.250. The zero-order chi connectivity index (χ0) is 14.2. The maximum Gasteiger partial charge on any atom is 0.223 e. The van der Waals surface area contributed by atoms with Gasteiger partial charge in [-0.1, -0.05) is 18.2 Å². The second-order valence-corrected chi connectivity index (χ2v) is 5.54. The molecule has 0 saturated heterocycles. The van der Waals surface area contributed by atoms with Gasteiger partial charge in [-0.05, 0) is 29.5 Å². The van der Waals surface area contributed by atoms with E-state index in [0.29, 0.717) is 19.5 Å². The van der Waals surface area contributed by atoms with E-state index < -0.39 is 0 Å². The molecule has 0 unspecified atom stereocenters. The fourth-order valence-electron chi connectivity index (χ4n) is 1.96. The number of rotatable bonds is 7. The van der Waals surface area contributed by atoms with Crippen molar-refractivity contribution in [2.45, 2.75) is 19.4 Å². The lowest BCUT2D eigenvalue weighted by Crippen LogP contribution is -2.30. The van der Waals surface area contributed by atoms with E-state index in [1.54, 1.807) is 23.6 Å². The molecule has 0 fully saturated rings. The molecule has 2 aromatic heterocycles. The molecule has 104 valence electrons. The Morgan fingerprint density at radius 2 is 2.30 bits per heavy atom. The van der Waals surface area contributed by atoms with Crippen LogP contribution in [0.15, 0.2) is 54.7 Å². The zero-order valence-corrected chi connectivity index (χ0v) is 12.2. The molecule has 0 bridgehead atoms. The Bertz CT molecular complexity index is 537. The lowest BCUT2D eigenvalue weighted by molar-refractivity contribution is -0.131. The minimum Gasteiger partial charge on any atom is -0.334 e. The number of thiophene rings is 1. The summed E-state index contributed by atoms with van der Waals surface area (Å²) in [6, 6.07) is 7.95. The molecule has 0 saturated carbocycles. The highest BCUT2D eigenvalue weighted by atomic mass is 32.1. The Balaban J connectivity index is 1.91. The summed E-state index contributed by atoms with van der Waals surface area (Å²) in [6.07, 6.45) is 6.56. The van der Waals surface area contributed by atoms with Crippen LogP contribution in [-0.2, 0) is 17.8 Å². The van der Waals surface area contributed by atoms with Gasteiger partial charge >= 0.3 is 0 Å². The number of pyridine rings is 1. The molecule has 1 amide bonds. The first kappa shape index (κ1) is 14.5. The highest BCUT2D eigenvalue weighted by molar-refractivity contribution is 7.09. The smallest absolute Gasteiger partial charge is 0.223 e. The molecule has 0 spiro atoms. The Morgan fingerprint density at radius 1 is 1.40 bits per heavy atom. The van der Waals surface area contributed by atoms with Gasteiger partial charge in [-0.2, -0.15) is 0 Å². The summed E-state index contributed by atoms with van der Waals surface area (Å²) in [6.45, 7) is 4.98. The lowest BCUT2D eigenvalue weighted by atomic mass is 10.1. The number of carbonyl (C=O) groups excluding carboxylic acids is 1. The van der Waals surface area contributed by atoms with Gasteiger partial charge in [0.2, 0.25) is 5.91 Å². The molecule has 0 radical (unpaired) electrons. The molecule has 4 heteroatoms. The summed E-state index contributed by atoms with van der Waals surface area (Å²) in [5.41, 5.74) is 1.09. The largest absolute Gasteiger partial charge is 0.334 e. The number of amides is 1. The minimum atomic E-state index is 0.155. The lowest BCUT2D eigenvalue weighted by Gasteiger charge is -2.20. The molecule has 0 aromatic carbocycles. The average Bonchev–Trinajstić information content (AvgIpc) is 2.98. The van der Waals surface area contributed by atoms with Crippen molar-refractivity contribution in [3.05, 3.63) is 65.1 Å². The summed E-state index contributed by atoms with van der Waals surface area (Å²) in [7, 11) is 0. The maximum atomic E-state index is 12.3. The summed E-state index contributed by atoms with van der Waals surface area (Å²) in [5.74, 6) is 0.155. The topological polar surface area (TPSA) is 33.2 Å². The maximum absolute atomic E-state index is 12.3. The van der Waals surface area contributed by atoms with Crippen LogP contribution in [0.3, 0.4) is 0 Å². The SMILES string of the molecule is C=CCN(Cc1cccs1)C(=O)CCc1cccnc1. The van der Waals surface area contributed by atoms with E-state index >= 15 is 0 Å². The van der Waals surface area contributed by atoms with Gasteiger partial charge in [-0.3, -0.25) is 9.78 Å². The monoisotopic (exact) mass is 286 g/mol. The van der Waals surface area contributed by atoms with Crippen LogP contribution in [0, 0.1) is 0 Å². The van der Waals surface area contributed by atoms with Crippen LogP contribution in [0.5, 0.6) is 0 Å². The fourth-order valence-corrected chi connectivity index (χ4v) is 2.68. The van der Waals surface area contributed by atoms with Crippen molar-refractivity contribution in [3.8, 4) is 0 Å². The van der Waals surface area contributed by atoms with Crippen LogP contribution in [0.1, 0.15) is 16.9 Å². The predicted molar refractivity (Wildman–Crippen MR) is 82.5 cm³/mol.